The van der Waals surface area contributed by atoms with Crippen molar-refractivity contribution < 1.29 is 18.1 Å². The molecule has 3 aliphatic rings. The van der Waals surface area contributed by atoms with E-state index in [1.165, 1.54) is 0 Å². The van der Waals surface area contributed by atoms with Crippen molar-refractivity contribution in [3.05, 3.63) is 42.1 Å². The molecular formula is C29H38BF2N7O2. The number of nitrogens with one attached hydrogen (secondary N) is 1. The molecule has 3 aromatic rings. The fourth-order valence-corrected chi connectivity index (χ4v) is 6.00. The minimum atomic E-state index is -2.51. The summed E-state index contributed by atoms with van der Waals surface area (Å²) in [5, 5.41) is 7.98. The van der Waals surface area contributed by atoms with Gasteiger partial charge in [0.25, 0.3) is 0 Å². The topological polar surface area (TPSA) is 80.6 Å². The van der Waals surface area contributed by atoms with Crippen LogP contribution in [0.3, 0.4) is 0 Å². The first kappa shape index (κ1) is 28.1. The largest absolute Gasteiger partial charge is 0.494 e. The molecule has 0 unspecified atom stereocenters. The maximum absolute atomic E-state index is 13.5. The molecule has 1 aliphatic carbocycles. The van der Waals surface area contributed by atoms with Gasteiger partial charge in [-0.25, -0.2) is 18.4 Å². The molecule has 1 saturated carbocycles. The molecule has 218 valence electrons. The lowest BCUT2D eigenvalue weighted by Crippen LogP contribution is -2.66. The van der Waals surface area contributed by atoms with Crippen LogP contribution in [0.1, 0.15) is 46.1 Å². The van der Waals surface area contributed by atoms with Crippen LogP contribution in [0.5, 0.6) is 0 Å². The second kappa shape index (κ2) is 9.47. The van der Waals surface area contributed by atoms with Crippen molar-refractivity contribution in [2.45, 2.75) is 64.2 Å². The number of aryl methyl sites for hydroxylation is 1. The Morgan fingerprint density at radius 2 is 1.66 bits per heavy atom. The molecule has 2 aromatic heterocycles. The molecule has 0 amide bonds. The molecule has 6 rings (SSSR count). The van der Waals surface area contributed by atoms with Gasteiger partial charge in [-0.2, -0.15) is 4.98 Å². The number of alkyl halides is 2. The maximum Gasteiger partial charge on any atom is 0.494 e. The molecule has 2 saturated heterocycles. The van der Waals surface area contributed by atoms with Gasteiger partial charge in [0.15, 0.2) is 5.82 Å². The van der Waals surface area contributed by atoms with Gasteiger partial charge in [-0.05, 0) is 65.5 Å². The predicted octanol–water partition coefficient (Wildman–Crippen LogP) is 4.22. The summed E-state index contributed by atoms with van der Waals surface area (Å²) in [5.74, 6) is -0.514. The molecule has 2 aliphatic heterocycles. The first-order valence-corrected chi connectivity index (χ1v) is 14.0. The molecule has 0 bridgehead atoms. The van der Waals surface area contributed by atoms with E-state index < -0.39 is 24.2 Å². The van der Waals surface area contributed by atoms with Gasteiger partial charge in [0.2, 0.25) is 11.9 Å². The number of halogens is 2. The number of rotatable bonds is 7. The Balaban J connectivity index is 1.17. The molecule has 3 fully saturated rings. The fraction of sp³-hybridized carbons (Fsp3) is 0.552. The summed E-state index contributed by atoms with van der Waals surface area (Å²) >= 11 is 0. The molecule has 1 aromatic carbocycles. The Labute approximate surface area is 240 Å². The quantitative estimate of drug-likeness (QED) is 0.427. The first-order chi connectivity index (χ1) is 19.1. The smallest absolute Gasteiger partial charge is 0.399 e. The molecule has 41 heavy (non-hydrogen) atoms. The van der Waals surface area contributed by atoms with E-state index in [0.717, 1.165) is 28.1 Å². The predicted molar refractivity (Wildman–Crippen MR) is 156 cm³/mol. The average molecular weight is 565 g/mol. The van der Waals surface area contributed by atoms with Crippen LogP contribution in [0, 0.1) is 5.41 Å². The van der Waals surface area contributed by atoms with E-state index in [2.05, 4.69) is 26.3 Å². The molecule has 9 nitrogen and oxygen atoms in total. The molecule has 0 atom stereocenters. The number of hydrogen-bond donors (Lipinski definition) is 1. The van der Waals surface area contributed by atoms with E-state index >= 15 is 0 Å². The highest BCUT2D eigenvalue weighted by atomic mass is 19.3. The minimum Gasteiger partial charge on any atom is -0.399 e. The number of aromatic nitrogens is 4. The molecule has 4 heterocycles. The van der Waals surface area contributed by atoms with Gasteiger partial charge in [0.05, 0.1) is 11.2 Å². The summed E-state index contributed by atoms with van der Waals surface area (Å²) in [7, 11) is 5.42. The lowest BCUT2D eigenvalue weighted by atomic mass is 9.61. The molecule has 0 radical (unpaired) electrons. The van der Waals surface area contributed by atoms with Crippen LogP contribution in [-0.4, -0.2) is 76.1 Å². The van der Waals surface area contributed by atoms with Crippen LogP contribution in [0.15, 0.2) is 36.5 Å². The Hall–Kier alpha value is -3.09. The van der Waals surface area contributed by atoms with Crippen LogP contribution in [0.4, 0.5) is 26.2 Å². The lowest BCUT2D eigenvalue weighted by Gasteiger charge is -2.59. The van der Waals surface area contributed by atoms with Gasteiger partial charge in [0.1, 0.15) is 5.82 Å². The second-order valence-corrected chi connectivity index (χ2v) is 13.2. The summed E-state index contributed by atoms with van der Waals surface area (Å²) in [6, 6.07) is 9.97. The Kier molecular flexibility index (Phi) is 6.48. The van der Waals surface area contributed by atoms with Crippen molar-refractivity contribution in [2.24, 2.45) is 12.5 Å². The highest BCUT2D eigenvalue weighted by Crippen LogP contribution is 2.57. The van der Waals surface area contributed by atoms with Crippen LogP contribution in [0.2, 0.25) is 0 Å². The van der Waals surface area contributed by atoms with Gasteiger partial charge < -0.3 is 24.4 Å². The van der Waals surface area contributed by atoms with E-state index in [-0.39, 0.29) is 18.3 Å². The normalized spacial score (nSPS) is 21.7. The van der Waals surface area contributed by atoms with Gasteiger partial charge in [-0.1, -0.05) is 12.1 Å². The van der Waals surface area contributed by atoms with Crippen molar-refractivity contribution in [1.29, 1.82) is 0 Å². The third kappa shape index (κ3) is 5.21. The van der Waals surface area contributed by atoms with Crippen LogP contribution < -0.4 is 15.7 Å². The van der Waals surface area contributed by atoms with Crippen LogP contribution in [0.25, 0.3) is 11.4 Å². The summed E-state index contributed by atoms with van der Waals surface area (Å²) in [5.41, 5.74) is 2.59. The molecule has 12 heteroatoms. The van der Waals surface area contributed by atoms with E-state index in [4.69, 9.17) is 19.3 Å². The Morgan fingerprint density at radius 3 is 2.24 bits per heavy atom. The highest BCUT2D eigenvalue weighted by molar-refractivity contribution is 6.62. The molecular weight excluding hydrogens is 527 g/mol. The summed E-state index contributed by atoms with van der Waals surface area (Å²) < 4.78 is 41.0. The zero-order valence-corrected chi connectivity index (χ0v) is 24.8. The monoisotopic (exact) mass is 565 g/mol. The standard InChI is InChI=1S/C29H38BF2N7O2/c1-26(2)27(3,4)41-30(40-26)21-8-10-22(11-9-21)34-25-35-23(36-38(25)7)19-12-20(14-37(5)6)24(33-13-19)39-17-28(18-39)15-29(31,32)16-28/h8-13H,14-18H2,1-7H3,(H,34,35,36). The number of hydrogen-bond acceptors (Lipinski definition) is 8. The maximum atomic E-state index is 13.5. The third-order valence-electron chi connectivity index (χ3n) is 8.76. The highest BCUT2D eigenvalue weighted by Gasteiger charge is 2.62. The summed E-state index contributed by atoms with van der Waals surface area (Å²) in [6.45, 7) is 10.1. The van der Waals surface area contributed by atoms with E-state index in [0.29, 0.717) is 31.4 Å². The Bertz CT molecular complexity index is 1430. The van der Waals surface area contributed by atoms with Gasteiger partial charge in [0, 0.05) is 67.9 Å². The molecule has 1 spiro atoms. The lowest BCUT2D eigenvalue weighted by molar-refractivity contribution is -0.170. The van der Waals surface area contributed by atoms with Gasteiger partial charge in [-0.3, -0.25) is 0 Å². The first-order valence-electron chi connectivity index (χ1n) is 14.0. The number of benzene rings is 1. The van der Waals surface area contributed by atoms with E-state index in [1.54, 1.807) is 10.9 Å². The molecule has 1 N–H and O–H groups in total. The van der Waals surface area contributed by atoms with Gasteiger partial charge >= 0.3 is 7.12 Å². The zero-order chi connectivity index (χ0) is 29.4. The number of nitrogens with zero attached hydrogens (tertiary/aromatic N) is 6. The fourth-order valence-electron chi connectivity index (χ4n) is 6.00. The summed E-state index contributed by atoms with van der Waals surface area (Å²) in [4.78, 5) is 13.7. The minimum absolute atomic E-state index is 0.0214. The van der Waals surface area contributed by atoms with Gasteiger partial charge in [-0.15, -0.1) is 5.10 Å². The average Bonchev–Trinajstić information content (AvgIpc) is 3.30. The number of pyridine rings is 1. The van der Waals surface area contributed by atoms with E-state index in [9.17, 15) is 8.78 Å². The van der Waals surface area contributed by atoms with Crippen LogP contribution >= 0.6 is 0 Å². The zero-order valence-electron chi connectivity index (χ0n) is 24.8. The SMILES string of the molecule is CN(C)Cc1cc(-c2nc(Nc3ccc(B4OC(C)(C)C(C)(C)O4)cc3)n(C)n2)cnc1N1CC2(C1)CC(F)(F)C2. The van der Waals surface area contributed by atoms with Crippen molar-refractivity contribution >= 4 is 30.0 Å². The van der Waals surface area contributed by atoms with Crippen molar-refractivity contribution in [1.82, 2.24) is 24.6 Å². The van der Waals surface area contributed by atoms with Crippen molar-refractivity contribution in [3.8, 4) is 11.4 Å². The van der Waals surface area contributed by atoms with Crippen molar-refractivity contribution in [3.63, 3.8) is 0 Å². The Morgan fingerprint density at radius 1 is 1.02 bits per heavy atom. The third-order valence-corrected chi connectivity index (χ3v) is 8.76. The second-order valence-electron chi connectivity index (χ2n) is 13.2. The van der Waals surface area contributed by atoms with Crippen LogP contribution in [-0.2, 0) is 22.9 Å². The number of anilines is 3. The van der Waals surface area contributed by atoms with Crippen molar-refractivity contribution in [2.75, 3.05) is 37.4 Å². The van der Waals surface area contributed by atoms with E-state index in [1.807, 2.05) is 73.1 Å². The summed E-state index contributed by atoms with van der Waals surface area (Å²) in [6.07, 6.45) is 1.73.